The molecule has 4 heteroatoms. The number of halogens is 1. The first-order valence-electron chi connectivity index (χ1n) is 3.75. The maximum absolute atomic E-state index is 8.74. The lowest BCUT2D eigenvalue weighted by Gasteiger charge is -2.29. The summed E-state index contributed by atoms with van der Waals surface area (Å²) in [6.45, 7) is 2.96. The summed E-state index contributed by atoms with van der Waals surface area (Å²) in [5.74, 6) is 0. The summed E-state index contributed by atoms with van der Waals surface area (Å²) in [5.41, 5.74) is 7.17. The van der Waals surface area contributed by atoms with E-state index in [0.29, 0.717) is 0 Å². The smallest absolute Gasteiger partial charge is 0.0982 e. The van der Waals surface area contributed by atoms with Crippen LogP contribution in [0.3, 0.4) is 0 Å². The fourth-order valence-corrected chi connectivity index (χ4v) is 1.28. The van der Waals surface area contributed by atoms with Crippen LogP contribution < -0.4 is 5.73 Å². The lowest BCUT2D eigenvalue weighted by atomic mass is 10.0. The summed E-state index contributed by atoms with van der Waals surface area (Å²) in [4.78, 5) is 2.13. The zero-order valence-electron chi connectivity index (χ0n) is 7.37. The highest BCUT2D eigenvalue weighted by atomic mass is 35.5. The standard InChI is InChI=1S/C8H13N3.ClH/c1-6-7(5-9)8(10)3-4-11(6)2;/h6H,3-4,10H2,1-2H3;1H. The third-order valence-corrected chi connectivity index (χ3v) is 2.28. The number of nitriles is 1. The second-order valence-corrected chi connectivity index (χ2v) is 2.96. The molecule has 12 heavy (non-hydrogen) atoms. The van der Waals surface area contributed by atoms with Crippen molar-refractivity contribution in [3.8, 4) is 6.07 Å². The zero-order chi connectivity index (χ0) is 8.43. The molecule has 1 heterocycles. The molecule has 0 radical (unpaired) electrons. The molecule has 0 saturated heterocycles. The highest BCUT2D eigenvalue weighted by Gasteiger charge is 2.21. The van der Waals surface area contributed by atoms with Crippen LogP contribution in [0.1, 0.15) is 13.3 Å². The molecule has 1 unspecified atom stereocenters. The van der Waals surface area contributed by atoms with Gasteiger partial charge in [0.2, 0.25) is 0 Å². The third kappa shape index (κ3) is 1.90. The number of hydrogen-bond donors (Lipinski definition) is 1. The predicted octanol–water partition coefficient (Wildman–Crippen LogP) is 0.869. The van der Waals surface area contributed by atoms with E-state index in [1.165, 1.54) is 0 Å². The molecular formula is C8H14ClN3. The van der Waals surface area contributed by atoms with Crippen LogP contribution in [0.2, 0.25) is 0 Å². The molecule has 3 nitrogen and oxygen atoms in total. The SMILES string of the molecule is CC1C(C#N)=C(N)CCN1C.Cl. The van der Waals surface area contributed by atoms with Gasteiger partial charge in [0.05, 0.1) is 11.6 Å². The van der Waals surface area contributed by atoms with Crippen molar-refractivity contribution in [1.29, 1.82) is 5.26 Å². The van der Waals surface area contributed by atoms with Crippen molar-refractivity contribution >= 4 is 12.4 Å². The van der Waals surface area contributed by atoms with Gasteiger partial charge < -0.3 is 5.73 Å². The first-order valence-corrected chi connectivity index (χ1v) is 3.75. The number of rotatable bonds is 0. The van der Waals surface area contributed by atoms with Gasteiger partial charge in [0.15, 0.2) is 0 Å². The molecule has 0 spiro atoms. The van der Waals surface area contributed by atoms with Gasteiger partial charge in [0.1, 0.15) is 0 Å². The molecule has 1 aliphatic rings. The summed E-state index contributed by atoms with van der Waals surface area (Å²) in [6, 6.07) is 2.34. The second kappa shape index (κ2) is 4.34. The Kier molecular flexibility index (Phi) is 4.08. The fraction of sp³-hybridized carbons (Fsp3) is 0.625. The molecule has 0 saturated carbocycles. The largest absolute Gasteiger partial charge is 0.401 e. The van der Waals surface area contributed by atoms with Gasteiger partial charge in [-0.1, -0.05) is 0 Å². The average Bonchev–Trinajstić information content (AvgIpc) is 1.99. The van der Waals surface area contributed by atoms with Gasteiger partial charge in [0.25, 0.3) is 0 Å². The lowest BCUT2D eigenvalue weighted by molar-refractivity contribution is 0.276. The summed E-state index contributed by atoms with van der Waals surface area (Å²) >= 11 is 0. The monoisotopic (exact) mass is 187 g/mol. The fourth-order valence-electron chi connectivity index (χ4n) is 1.28. The maximum atomic E-state index is 8.74. The van der Waals surface area contributed by atoms with Crippen LogP contribution in [0.5, 0.6) is 0 Å². The summed E-state index contributed by atoms with van der Waals surface area (Å²) in [7, 11) is 2.01. The lowest BCUT2D eigenvalue weighted by Crippen LogP contribution is -2.37. The molecule has 1 rings (SSSR count). The van der Waals surface area contributed by atoms with E-state index in [1.54, 1.807) is 0 Å². The molecule has 0 amide bonds. The van der Waals surface area contributed by atoms with Crippen LogP contribution in [-0.2, 0) is 0 Å². The van der Waals surface area contributed by atoms with Gasteiger partial charge in [0, 0.05) is 24.7 Å². The van der Waals surface area contributed by atoms with Crippen molar-refractivity contribution in [2.45, 2.75) is 19.4 Å². The van der Waals surface area contributed by atoms with E-state index in [9.17, 15) is 0 Å². The van der Waals surface area contributed by atoms with Gasteiger partial charge >= 0.3 is 0 Å². The molecule has 2 N–H and O–H groups in total. The van der Waals surface area contributed by atoms with Crippen molar-refractivity contribution in [3.05, 3.63) is 11.3 Å². The molecule has 1 aliphatic heterocycles. The van der Waals surface area contributed by atoms with E-state index < -0.39 is 0 Å². The van der Waals surface area contributed by atoms with Gasteiger partial charge in [-0.25, -0.2) is 0 Å². The second-order valence-electron chi connectivity index (χ2n) is 2.96. The molecular weight excluding hydrogens is 174 g/mol. The highest BCUT2D eigenvalue weighted by Crippen LogP contribution is 2.18. The minimum atomic E-state index is 0. The van der Waals surface area contributed by atoms with Gasteiger partial charge in [-0.15, -0.1) is 12.4 Å². The van der Waals surface area contributed by atoms with Crippen LogP contribution >= 0.6 is 12.4 Å². The molecule has 0 fully saturated rings. The molecule has 1 atom stereocenters. The quantitative estimate of drug-likeness (QED) is 0.612. The highest BCUT2D eigenvalue weighted by molar-refractivity contribution is 5.85. The van der Waals surface area contributed by atoms with Crippen molar-refractivity contribution in [2.75, 3.05) is 13.6 Å². The van der Waals surface area contributed by atoms with Crippen molar-refractivity contribution < 1.29 is 0 Å². The Hall–Kier alpha value is -0.720. The van der Waals surface area contributed by atoms with Gasteiger partial charge in [-0.3, -0.25) is 4.90 Å². The van der Waals surface area contributed by atoms with Gasteiger partial charge in [-0.05, 0) is 14.0 Å². The molecule has 0 aromatic carbocycles. The topological polar surface area (TPSA) is 53.1 Å². The predicted molar refractivity (Wildman–Crippen MR) is 50.8 cm³/mol. The van der Waals surface area contributed by atoms with Crippen molar-refractivity contribution in [3.63, 3.8) is 0 Å². The number of nitrogens with two attached hydrogens (primary N) is 1. The van der Waals surface area contributed by atoms with Gasteiger partial charge in [-0.2, -0.15) is 5.26 Å². The molecule has 0 aromatic rings. The zero-order valence-corrected chi connectivity index (χ0v) is 8.19. The Morgan fingerprint density at radius 2 is 2.25 bits per heavy atom. The molecule has 68 valence electrons. The minimum absolute atomic E-state index is 0. The van der Waals surface area contributed by atoms with Crippen molar-refractivity contribution in [1.82, 2.24) is 4.90 Å². The van der Waals surface area contributed by atoms with E-state index in [0.717, 1.165) is 24.2 Å². The van der Waals surface area contributed by atoms with Crippen LogP contribution in [0.25, 0.3) is 0 Å². The number of likely N-dealkylation sites (N-methyl/N-ethyl adjacent to an activating group) is 1. The molecule has 0 bridgehead atoms. The first kappa shape index (κ1) is 11.3. The Morgan fingerprint density at radius 3 is 2.67 bits per heavy atom. The Bertz CT molecular complexity index is 229. The van der Waals surface area contributed by atoms with E-state index in [1.807, 2.05) is 14.0 Å². The first-order chi connectivity index (χ1) is 5.16. The van der Waals surface area contributed by atoms with Crippen LogP contribution in [0.4, 0.5) is 0 Å². The van der Waals surface area contributed by atoms with E-state index in [-0.39, 0.29) is 18.4 Å². The minimum Gasteiger partial charge on any atom is -0.401 e. The van der Waals surface area contributed by atoms with E-state index >= 15 is 0 Å². The average molecular weight is 188 g/mol. The Morgan fingerprint density at radius 1 is 1.67 bits per heavy atom. The number of hydrogen-bond acceptors (Lipinski definition) is 3. The van der Waals surface area contributed by atoms with Crippen LogP contribution in [0.15, 0.2) is 11.3 Å². The Balaban J connectivity index is 0.00000121. The summed E-state index contributed by atoms with van der Waals surface area (Å²) in [6.07, 6.45) is 0.823. The maximum Gasteiger partial charge on any atom is 0.0982 e. The van der Waals surface area contributed by atoms with E-state index in [4.69, 9.17) is 11.0 Å². The summed E-state index contributed by atoms with van der Waals surface area (Å²) in [5, 5.41) is 8.74. The normalized spacial score (nSPS) is 24.6. The molecule has 0 aliphatic carbocycles. The van der Waals surface area contributed by atoms with Crippen LogP contribution in [-0.4, -0.2) is 24.5 Å². The summed E-state index contributed by atoms with van der Waals surface area (Å²) < 4.78 is 0. The Labute approximate surface area is 79.2 Å². The van der Waals surface area contributed by atoms with Crippen molar-refractivity contribution in [2.24, 2.45) is 5.73 Å². The molecule has 0 aromatic heterocycles. The van der Waals surface area contributed by atoms with Crippen LogP contribution in [0, 0.1) is 11.3 Å². The van der Waals surface area contributed by atoms with E-state index in [2.05, 4.69) is 11.0 Å². The number of nitrogens with zero attached hydrogens (tertiary/aromatic N) is 2. The third-order valence-electron chi connectivity index (χ3n) is 2.28.